The molecule has 29 heavy (non-hydrogen) atoms. The summed E-state index contributed by atoms with van der Waals surface area (Å²) in [4.78, 5) is 16.9. The number of rotatable bonds is 2. The van der Waals surface area contributed by atoms with Crippen LogP contribution < -0.4 is 16.0 Å². The Morgan fingerprint density at radius 2 is 1.76 bits per heavy atom. The first-order valence-electron chi connectivity index (χ1n) is 9.57. The third-order valence-electron chi connectivity index (χ3n) is 5.31. The Balaban J connectivity index is 1.33. The standard InChI is InChI=1S/C21H21N7S/c22-14-5-7-15(8-6-14)25-21(29)28-11-9-27(10-12-28)20-18-16-3-1-2-4-17(16)26-19(18)23-13-24-20/h1-8,13H,9-12,22H2,(H,25,29)(H,23,24,26). The summed E-state index contributed by atoms with van der Waals surface area (Å²) in [6, 6.07) is 15.9. The van der Waals surface area contributed by atoms with Crippen LogP contribution in [-0.2, 0) is 0 Å². The van der Waals surface area contributed by atoms with E-state index in [1.165, 1.54) is 0 Å². The summed E-state index contributed by atoms with van der Waals surface area (Å²) < 4.78 is 0. The van der Waals surface area contributed by atoms with E-state index in [1.807, 2.05) is 36.4 Å². The van der Waals surface area contributed by atoms with E-state index in [9.17, 15) is 0 Å². The van der Waals surface area contributed by atoms with Crippen LogP contribution in [0.25, 0.3) is 21.9 Å². The molecule has 3 heterocycles. The Bertz CT molecular complexity index is 1180. The zero-order valence-electron chi connectivity index (χ0n) is 15.8. The lowest BCUT2D eigenvalue weighted by molar-refractivity contribution is 0.390. The van der Waals surface area contributed by atoms with Crippen LogP contribution in [0.4, 0.5) is 17.2 Å². The van der Waals surface area contributed by atoms with Gasteiger partial charge in [-0.25, -0.2) is 9.97 Å². The maximum atomic E-state index is 5.75. The number of nitrogens with zero attached hydrogens (tertiary/aromatic N) is 4. The maximum absolute atomic E-state index is 5.75. The number of nitrogen functional groups attached to an aromatic ring is 1. The van der Waals surface area contributed by atoms with Crippen LogP contribution >= 0.6 is 12.2 Å². The third kappa shape index (κ3) is 3.31. The molecule has 1 aliphatic heterocycles. The van der Waals surface area contributed by atoms with E-state index >= 15 is 0 Å². The molecule has 0 atom stereocenters. The molecule has 4 aromatic rings. The van der Waals surface area contributed by atoms with Gasteiger partial charge in [0.1, 0.15) is 17.8 Å². The quantitative estimate of drug-likeness (QED) is 0.350. The summed E-state index contributed by atoms with van der Waals surface area (Å²) in [5.74, 6) is 0.976. The minimum atomic E-state index is 0.731. The van der Waals surface area contributed by atoms with E-state index in [1.54, 1.807) is 6.33 Å². The van der Waals surface area contributed by atoms with Crippen molar-refractivity contribution in [1.82, 2.24) is 19.9 Å². The molecule has 2 aromatic carbocycles. The van der Waals surface area contributed by atoms with Crippen molar-refractivity contribution in [3.8, 4) is 0 Å². The molecule has 5 rings (SSSR count). The highest BCUT2D eigenvalue weighted by Gasteiger charge is 2.23. The number of nitrogens with two attached hydrogens (primary N) is 1. The molecular formula is C21H21N7S. The predicted molar refractivity (Wildman–Crippen MR) is 122 cm³/mol. The molecule has 1 aliphatic rings. The van der Waals surface area contributed by atoms with Gasteiger partial charge in [-0.15, -0.1) is 0 Å². The molecule has 2 aromatic heterocycles. The fourth-order valence-corrected chi connectivity index (χ4v) is 4.09. The van der Waals surface area contributed by atoms with Crippen molar-refractivity contribution in [1.29, 1.82) is 0 Å². The Hall–Kier alpha value is -3.39. The summed E-state index contributed by atoms with van der Waals surface area (Å²) in [6.45, 7) is 3.34. The number of piperazine rings is 1. The first-order chi connectivity index (χ1) is 14.2. The Kier molecular flexibility index (Phi) is 4.40. The van der Waals surface area contributed by atoms with Gasteiger partial charge in [0.25, 0.3) is 0 Å². The molecule has 1 fully saturated rings. The molecule has 0 aliphatic carbocycles. The normalized spacial score (nSPS) is 14.5. The van der Waals surface area contributed by atoms with Crippen molar-refractivity contribution < 1.29 is 0 Å². The van der Waals surface area contributed by atoms with Gasteiger partial charge in [-0.2, -0.15) is 0 Å². The number of nitrogens with one attached hydrogen (secondary N) is 2. The lowest BCUT2D eigenvalue weighted by Crippen LogP contribution is -2.50. The third-order valence-corrected chi connectivity index (χ3v) is 5.67. The van der Waals surface area contributed by atoms with Crippen molar-refractivity contribution in [2.45, 2.75) is 0 Å². The van der Waals surface area contributed by atoms with Crippen LogP contribution in [0, 0.1) is 0 Å². The fraction of sp³-hybridized carbons (Fsp3) is 0.190. The highest BCUT2D eigenvalue weighted by molar-refractivity contribution is 7.80. The number of fused-ring (bicyclic) bond motifs is 3. The molecule has 0 saturated carbocycles. The number of hydrogen-bond acceptors (Lipinski definition) is 5. The highest BCUT2D eigenvalue weighted by Crippen LogP contribution is 2.31. The van der Waals surface area contributed by atoms with Crippen LogP contribution in [0.3, 0.4) is 0 Å². The van der Waals surface area contributed by atoms with Crippen LogP contribution in [0.2, 0.25) is 0 Å². The van der Waals surface area contributed by atoms with E-state index in [-0.39, 0.29) is 0 Å². The van der Waals surface area contributed by atoms with Gasteiger partial charge in [-0.05, 0) is 42.5 Å². The van der Waals surface area contributed by atoms with Crippen LogP contribution in [0.15, 0.2) is 54.9 Å². The number of thiocarbonyl (C=S) groups is 1. The Morgan fingerprint density at radius 1 is 1.00 bits per heavy atom. The molecule has 0 unspecified atom stereocenters. The molecule has 1 saturated heterocycles. The largest absolute Gasteiger partial charge is 0.399 e. The molecular weight excluding hydrogens is 382 g/mol. The van der Waals surface area contributed by atoms with E-state index in [4.69, 9.17) is 18.0 Å². The molecule has 0 radical (unpaired) electrons. The Labute approximate surface area is 173 Å². The SMILES string of the molecule is Nc1ccc(NC(=S)N2CCN(c3ncnc4[nH]c5ccccc5c34)CC2)cc1. The van der Waals surface area contributed by atoms with Crippen LogP contribution in [0.1, 0.15) is 0 Å². The first kappa shape index (κ1) is 17.7. The van der Waals surface area contributed by atoms with Crippen LogP contribution in [0.5, 0.6) is 0 Å². The summed E-state index contributed by atoms with van der Waals surface area (Å²) in [6.07, 6.45) is 1.63. The van der Waals surface area contributed by atoms with E-state index in [0.717, 1.165) is 70.4 Å². The van der Waals surface area contributed by atoms with Crippen molar-refractivity contribution in [2.75, 3.05) is 42.1 Å². The van der Waals surface area contributed by atoms with Gasteiger partial charge in [0.2, 0.25) is 0 Å². The van der Waals surface area contributed by atoms with Gasteiger partial charge in [-0.1, -0.05) is 18.2 Å². The molecule has 146 valence electrons. The summed E-state index contributed by atoms with van der Waals surface area (Å²) >= 11 is 5.61. The topological polar surface area (TPSA) is 86.1 Å². The van der Waals surface area contributed by atoms with Gasteiger partial charge in [0, 0.05) is 48.5 Å². The molecule has 8 heteroatoms. The lowest BCUT2D eigenvalue weighted by atomic mass is 10.2. The first-order valence-corrected chi connectivity index (χ1v) is 9.98. The molecule has 0 spiro atoms. The van der Waals surface area contributed by atoms with Gasteiger partial charge in [0.15, 0.2) is 5.11 Å². The van der Waals surface area contributed by atoms with Gasteiger partial charge >= 0.3 is 0 Å². The van der Waals surface area contributed by atoms with E-state index in [2.05, 4.69) is 42.2 Å². The monoisotopic (exact) mass is 403 g/mol. The number of para-hydroxylation sites is 1. The summed E-state index contributed by atoms with van der Waals surface area (Å²) in [5, 5.41) is 6.26. The van der Waals surface area contributed by atoms with E-state index < -0.39 is 0 Å². The number of H-pyrrole nitrogens is 1. The van der Waals surface area contributed by atoms with Crippen molar-refractivity contribution in [2.24, 2.45) is 0 Å². The number of hydrogen-bond donors (Lipinski definition) is 3. The number of aromatic nitrogens is 3. The van der Waals surface area contributed by atoms with Gasteiger partial charge in [-0.3, -0.25) is 0 Å². The zero-order chi connectivity index (χ0) is 19.8. The van der Waals surface area contributed by atoms with Gasteiger partial charge in [0.05, 0.1) is 5.39 Å². The fourth-order valence-electron chi connectivity index (χ4n) is 3.79. The van der Waals surface area contributed by atoms with Crippen molar-refractivity contribution in [3.63, 3.8) is 0 Å². The lowest BCUT2D eigenvalue weighted by Gasteiger charge is -2.37. The smallest absolute Gasteiger partial charge is 0.173 e. The second-order valence-electron chi connectivity index (χ2n) is 7.12. The van der Waals surface area contributed by atoms with E-state index in [0.29, 0.717) is 0 Å². The van der Waals surface area contributed by atoms with Crippen LogP contribution in [-0.4, -0.2) is 51.1 Å². The highest BCUT2D eigenvalue weighted by atomic mass is 32.1. The minimum absolute atomic E-state index is 0.731. The van der Waals surface area contributed by atoms with Gasteiger partial charge < -0.3 is 25.8 Å². The number of benzene rings is 2. The average molecular weight is 404 g/mol. The van der Waals surface area contributed by atoms with Crippen molar-refractivity contribution in [3.05, 3.63) is 54.9 Å². The maximum Gasteiger partial charge on any atom is 0.173 e. The minimum Gasteiger partial charge on any atom is -0.399 e. The number of anilines is 3. The van der Waals surface area contributed by atoms with Crippen molar-refractivity contribution >= 4 is 56.5 Å². The molecule has 7 nitrogen and oxygen atoms in total. The molecule has 0 amide bonds. The second-order valence-corrected chi connectivity index (χ2v) is 7.50. The summed E-state index contributed by atoms with van der Waals surface area (Å²) in [5.41, 5.74) is 9.39. The zero-order valence-corrected chi connectivity index (χ0v) is 16.6. The number of aromatic amines is 1. The molecule has 0 bridgehead atoms. The Morgan fingerprint density at radius 3 is 2.55 bits per heavy atom. The average Bonchev–Trinajstić information content (AvgIpc) is 3.14. The summed E-state index contributed by atoms with van der Waals surface area (Å²) in [7, 11) is 0. The molecule has 4 N–H and O–H groups in total. The second kappa shape index (κ2) is 7.21. The predicted octanol–water partition coefficient (Wildman–Crippen LogP) is 3.21.